The third-order valence-electron chi connectivity index (χ3n) is 3.74. The van der Waals surface area contributed by atoms with E-state index in [9.17, 15) is 9.90 Å². The second-order valence-electron chi connectivity index (χ2n) is 5.04. The molecule has 0 fully saturated rings. The Balaban J connectivity index is 2.31. The van der Waals surface area contributed by atoms with Gasteiger partial charge in [0.05, 0.1) is 20.8 Å². The predicted octanol–water partition coefficient (Wildman–Crippen LogP) is 0.818. The number of carbonyl (C=O) groups excluding carboxylic acids is 1. The van der Waals surface area contributed by atoms with Crippen molar-refractivity contribution in [2.24, 2.45) is 5.73 Å². The molecule has 1 aromatic carbocycles. The molecule has 0 spiro atoms. The summed E-state index contributed by atoms with van der Waals surface area (Å²) >= 11 is 0. The van der Waals surface area contributed by atoms with Gasteiger partial charge in [0, 0.05) is 24.1 Å². The minimum atomic E-state index is -0.777. The Morgan fingerprint density at radius 1 is 1.38 bits per heavy atom. The number of β-amino-alcohol motifs (C(OH)–C–C–N with tert-alkyl or cyclic N) is 1. The fourth-order valence-electron chi connectivity index (χ4n) is 2.68. The summed E-state index contributed by atoms with van der Waals surface area (Å²) in [5.41, 5.74) is 6.95. The van der Waals surface area contributed by atoms with Gasteiger partial charge < -0.3 is 25.2 Å². The second-order valence-corrected chi connectivity index (χ2v) is 5.04. The fourth-order valence-corrected chi connectivity index (χ4v) is 2.68. The number of benzene rings is 1. The monoisotopic (exact) mass is 294 g/mol. The highest BCUT2D eigenvalue weighted by Crippen LogP contribution is 2.39. The van der Waals surface area contributed by atoms with E-state index in [1.54, 1.807) is 31.3 Å². The molecule has 6 heteroatoms. The first-order valence-electron chi connectivity index (χ1n) is 7.02. The van der Waals surface area contributed by atoms with Crippen LogP contribution in [0.15, 0.2) is 12.1 Å². The van der Waals surface area contributed by atoms with Crippen molar-refractivity contribution in [1.29, 1.82) is 0 Å². The van der Waals surface area contributed by atoms with Crippen LogP contribution in [-0.4, -0.2) is 43.2 Å². The smallest absolute Gasteiger partial charge is 0.223 e. The lowest BCUT2D eigenvalue weighted by Crippen LogP contribution is -2.38. The zero-order valence-electron chi connectivity index (χ0n) is 12.5. The fraction of sp³-hybridized carbons (Fsp3) is 0.533. The number of amides is 1. The van der Waals surface area contributed by atoms with Crippen LogP contribution in [0.25, 0.3) is 0 Å². The van der Waals surface area contributed by atoms with Gasteiger partial charge in [0.15, 0.2) is 0 Å². The lowest BCUT2D eigenvalue weighted by Gasteiger charge is -2.34. The molecule has 1 aromatic rings. The quantitative estimate of drug-likeness (QED) is 0.840. The number of fused-ring (bicyclic) bond motifs is 1. The number of nitrogens with zero attached hydrogens (tertiary/aromatic N) is 1. The molecule has 1 amide bonds. The van der Waals surface area contributed by atoms with Crippen molar-refractivity contribution in [2.45, 2.75) is 25.5 Å². The van der Waals surface area contributed by atoms with Crippen LogP contribution in [0.4, 0.5) is 0 Å². The highest BCUT2D eigenvalue weighted by molar-refractivity contribution is 5.77. The molecule has 1 aliphatic rings. The molecule has 0 saturated carbocycles. The van der Waals surface area contributed by atoms with Gasteiger partial charge in [-0.05, 0) is 25.1 Å². The first-order chi connectivity index (χ1) is 10.1. The summed E-state index contributed by atoms with van der Waals surface area (Å²) in [6.45, 7) is 1.16. The summed E-state index contributed by atoms with van der Waals surface area (Å²) in [7, 11) is 3.14. The van der Waals surface area contributed by atoms with Gasteiger partial charge in [-0.3, -0.25) is 4.79 Å². The van der Waals surface area contributed by atoms with E-state index in [1.165, 1.54) is 0 Å². The number of hydrogen-bond acceptors (Lipinski definition) is 5. The van der Waals surface area contributed by atoms with Crippen molar-refractivity contribution in [3.05, 3.63) is 23.3 Å². The standard InChI is InChI=1S/C15H22N2O4/c1-20-12-5-6-13(21-2)15-10(12)8-17(9-11(15)18)14(19)4-3-7-16/h5-6,11,18H,3-4,7-9,16H2,1-2H3. The molecule has 1 atom stereocenters. The largest absolute Gasteiger partial charge is 0.496 e. The number of rotatable bonds is 5. The van der Waals surface area contributed by atoms with Crippen LogP contribution < -0.4 is 15.2 Å². The van der Waals surface area contributed by atoms with Crippen molar-refractivity contribution < 1.29 is 19.4 Å². The molecular weight excluding hydrogens is 272 g/mol. The van der Waals surface area contributed by atoms with E-state index in [4.69, 9.17) is 15.2 Å². The average Bonchev–Trinajstić information content (AvgIpc) is 2.51. The third kappa shape index (κ3) is 3.11. The van der Waals surface area contributed by atoms with Crippen molar-refractivity contribution in [1.82, 2.24) is 4.90 Å². The average molecular weight is 294 g/mol. The van der Waals surface area contributed by atoms with E-state index in [-0.39, 0.29) is 12.5 Å². The highest BCUT2D eigenvalue weighted by atomic mass is 16.5. The second kappa shape index (κ2) is 6.78. The molecule has 0 aliphatic carbocycles. The molecule has 6 nitrogen and oxygen atoms in total. The first-order valence-corrected chi connectivity index (χ1v) is 7.02. The summed E-state index contributed by atoms with van der Waals surface area (Å²) in [6, 6.07) is 3.56. The number of hydrogen-bond donors (Lipinski definition) is 2. The number of aliphatic hydroxyl groups is 1. The van der Waals surface area contributed by atoms with Gasteiger partial charge in [-0.15, -0.1) is 0 Å². The van der Waals surface area contributed by atoms with E-state index < -0.39 is 6.10 Å². The van der Waals surface area contributed by atoms with Crippen LogP contribution in [0, 0.1) is 0 Å². The van der Waals surface area contributed by atoms with Gasteiger partial charge in [0.1, 0.15) is 17.6 Å². The summed E-state index contributed by atoms with van der Waals surface area (Å²) in [5.74, 6) is 1.27. The SMILES string of the molecule is COc1ccc(OC)c2c1CN(C(=O)CCCN)CC2O. The van der Waals surface area contributed by atoms with Crippen LogP contribution in [0.3, 0.4) is 0 Å². The Morgan fingerprint density at radius 3 is 2.67 bits per heavy atom. The van der Waals surface area contributed by atoms with E-state index in [0.29, 0.717) is 43.0 Å². The summed E-state index contributed by atoms with van der Waals surface area (Å²) in [4.78, 5) is 13.8. The van der Waals surface area contributed by atoms with Crippen molar-refractivity contribution >= 4 is 5.91 Å². The Kier molecular flexibility index (Phi) is 5.03. The van der Waals surface area contributed by atoms with Crippen molar-refractivity contribution in [2.75, 3.05) is 27.3 Å². The molecule has 1 unspecified atom stereocenters. The highest BCUT2D eigenvalue weighted by Gasteiger charge is 2.31. The van der Waals surface area contributed by atoms with Gasteiger partial charge in [0.25, 0.3) is 0 Å². The van der Waals surface area contributed by atoms with Crippen LogP contribution in [0.2, 0.25) is 0 Å². The molecule has 1 aliphatic heterocycles. The van der Waals surface area contributed by atoms with E-state index >= 15 is 0 Å². The lowest BCUT2D eigenvalue weighted by molar-refractivity contribution is -0.134. The lowest BCUT2D eigenvalue weighted by atomic mass is 9.95. The minimum absolute atomic E-state index is 0.00461. The molecule has 116 valence electrons. The zero-order chi connectivity index (χ0) is 15.4. The Morgan fingerprint density at radius 2 is 2.05 bits per heavy atom. The summed E-state index contributed by atoms with van der Waals surface area (Å²) in [6.07, 6.45) is 0.263. The number of ether oxygens (including phenoxy) is 2. The predicted molar refractivity (Wildman–Crippen MR) is 78.2 cm³/mol. The Hall–Kier alpha value is -1.79. The zero-order valence-corrected chi connectivity index (χ0v) is 12.5. The maximum atomic E-state index is 12.2. The summed E-state index contributed by atoms with van der Waals surface area (Å²) < 4.78 is 10.7. The van der Waals surface area contributed by atoms with Crippen LogP contribution in [0.5, 0.6) is 11.5 Å². The number of aliphatic hydroxyl groups excluding tert-OH is 1. The maximum Gasteiger partial charge on any atom is 0.223 e. The van der Waals surface area contributed by atoms with Crippen LogP contribution >= 0.6 is 0 Å². The molecule has 1 heterocycles. The van der Waals surface area contributed by atoms with Gasteiger partial charge in [-0.1, -0.05) is 0 Å². The van der Waals surface area contributed by atoms with Gasteiger partial charge in [-0.25, -0.2) is 0 Å². The molecule has 0 aromatic heterocycles. The van der Waals surface area contributed by atoms with Crippen molar-refractivity contribution in [3.63, 3.8) is 0 Å². The van der Waals surface area contributed by atoms with Gasteiger partial charge in [0.2, 0.25) is 5.91 Å². The Bertz CT molecular complexity index is 519. The Labute approximate surface area is 124 Å². The molecule has 0 bridgehead atoms. The first kappa shape index (κ1) is 15.6. The van der Waals surface area contributed by atoms with E-state index in [1.807, 2.05) is 0 Å². The number of nitrogens with two attached hydrogens (primary N) is 1. The molecule has 0 radical (unpaired) electrons. The molecule has 3 N–H and O–H groups in total. The summed E-state index contributed by atoms with van der Waals surface area (Å²) in [5, 5.41) is 10.4. The third-order valence-corrected chi connectivity index (χ3v) is 3.74. The number of methoxy groups -OCH3 is 2. The molecule has 2 rings (SSSR count). The maximum absolute atomic E-state index is 12.2. The molecular formula is C15H22N2O4. The van der Waals surface area contributed by atoms with Crippen LogP contribution in [-0.2, 0) is 11.3 Å². The van der Waals surface area contributed by atoms with Crippen LogP contribution in [0.1, 0.15) is 30.1 Å². The molecule has 21 heavy (non-hydrogen) atoms. The minimum Gasteiger partial charge on any atom is -0.496 e. The topological polar surface area (TPSA) is 85.0 Å². The van der Waals surface area contributed by atoms with Crippen molar-refractivity contribution in [3.8, 4) is 11.5 Å². The number of carbonyl (C=O) groups is 1. The van der Waals surface area contributed by atoms with E-state index in [2.05, 4.69) is 0 Å². The normalized spacial score (nSPS) is 17.3. The van der Waals surface area contributed by atoms with E-state index in [0.717, 1.165) is 5.56 Å². The van der Waals surface area contributed by atoms with Gasteiger partial charge in [-0.2, -0.15) is 0 Å². The van der Waals surface area contributed by atoms with Gasteiger partial charge >= 0.3 is 0 Å². The molecule has 0 saturated heterocycles.